The van der Waals surface area contributed by atoms with Gasteiger partial charge in [-0.05, 0) is 31.0 Å². The number of ether oxygens (including phenoxy) is 1. The maximum atomic E-state index is 6.30. The second-order valence-corrected chi connectivity index (χ2v) is 9.40. The highest BCUT2D eigenvalue weighted by Gasteiger charge is 2.19. The van der Waals surface area contributed by atoms with Crippen molar-refractivity contribution in [3.05, 3.63) is 53.6 Å². The first-order valence-electron chi connectivity index (χ1n) is 11.2. The summed E-state index contributed by atoms with van der Waals surface area (Å²) in [6, 6.07) is 14.7. The van der Waals surface area contributed by atoms with E-state index in [0.29, 0.717) is 12.4 Å². The van der Waals surface area contributed by atoms with Crippen LogP contribution in [0.4, 0.5) is 5.82 Å². The standard InChI is InChI=1S/C25H30N6OS/c1-29-10-12-30(13-11-29)15-17-8-9-18(21(14-17)32-2)16-31-23-19-6-4-5-7-20(19)27-24(26)22(23)28-25(31)33-3/h4-9,14H,10-13,15-16H2,1-3H3,(H2,26,27). The molecule has 2 aromatic heterocycles. The van der Waals surface area contributed by atoms with Crippen LogP contribution in [0.3, 0.4) is 0 Å². The molecule has 8 heteroatoms. The monoisotopic (exact) mass is 462 g/mol. The lowest BCUT2D eigenvalue weighted by Gasteiger charge is -2.32. The van der Waals surface area contributed by atoms with Crippen LogP contribution in [0.1, 0.15) is 11.1 Å². The van der Waals surface area contributed by atoms with Gasteiger partial charge < -0.3 is 19.9 Å². The number of imidazole rings is 1. The summed E-state index contributed by atoms with van der Waals surface area (Å²) in [5.74, 6) is 1.37. The molecule has 0 amide bonds. The number of nitrogen functional groups attached to an aromatic ring is 1. The van der Waals surface area contributed by atoms with Gasteiger partial charge in [-0.15, -0.1) is 0 Å². The summed E-state index contributed by atoms with van der Waals surface area (Å²) in [6.07, 6.45) is 2.04. The van der Waals surface area contributed by atoms with Crippen LogP contribution in [-0.4, -0.2) is 70.9 Å². The van der Waals surface area contributed by atoms with Crippen LogP contribution in [-0.2, 0) is 13.1 Å². The number of para-hydroxylation sites is 1. The summed E-state index contributed by atoms with van der Waals surface area (Å²) < 4.78 is 8.07. The zero-order valence-electron chi connectivity index (χ0n) is 19.4. The van der Waals surface area contributed by atoms with Gasteiger partial charge in [-0.3, -0.25) is 4.90 Å². The summed E-state index contributed by atoms with van der Waals surface area (Å²) in [4.78, 5) is 14.3. The quantitative estimate of drug-likeness (QED) is 0.438. The molecule has 2 N–H and O–H groups in total. The summed E-state index contributed by atoms with van der Waals surface area (Å²) in [5, 5.41) is 1.97. The van der Waals surface area contributed by atoms with E-state index in [0.717, 1.165) is 71.1 Å². The van der Waals surface area contributed by atoms with Gasteiger partial charge in [0.05, 0.1) is 24.7 Å². The van der Waals surface area contributed by atoms with Crippen LogP contribution in [0.5, 0.6) is 5.75 Å². The number of anilines is 1. The van der Waals surface area contributed by atoms with Gasteiger partial charge in [0.25, 0.3) is 0 Å². The Morgan fingerprint density at radius 1 is 1.03 bits per heavy atom. The first kappa shape index (κ1) is 22.0. The number of aromatic nitrogens is 3. The van der Waals surface area contributed by atoms with Crippen molar-refractivity contribution in [1.29, 1.82) is 0 Å². The third-order valence-corrected chi connectivity index (χ3v) is 7.12. The molecular formula is C25H30N6OS. The minimum Gasteiger partial charge on any atom is -0.496 e. The Balaban J connectivity index is 1.51. The summed E-state index contributed by atoms with van der Waals surface area (Å²) in [5.41, 5.74) is 11.3. The molecule has 0 spiro atoms. The number of nitrogens with zero attached hydrogens (tertiary/aromatic N) is 5. The van der Waals surface area contributed by atoms with E-state index in [1.807, 2.05) is 24.5 Å². The Labute approximate surface area is 198 Å². The Morgan fingerprint density at radius 3 is 2.58 bits per heavy atom. The molecule has 33 heavy (non-hydrogen) atoms. The Kier molecular flexibility index (Phi) is 6.14. The number of nitrogens with two attached hydrogens (primary N) is 1. The molecule has 0 radical (unpaired) electrons. The van der Waals surface area contributed by atoms with Crippen LogP contribution in [0.25, 0.3) is 21.9 Å². The fraction of sp³-hybridized carbons (Fsp3) is 0.360. The summed E-state index contributed by atoms with van der Waals surface area (Å²) in [7, 11) is 3.93. The van der Waals surface area contributed by atoms with Gasteiger partial charge in [0.15, 0.2) is 11.0 Å². The van der Waals surface area contributed by atoms with Crippen LogP contribution < -0.4 is 10.5 Å². The van der Waals surface area contributed by atoms with Crippen molar-refractivity contribution in [1.82, 2.24) is 24.3 Å². The van der Waals surface area contributed by atoms with Gasteiger partial charge in [-0.25, -0.2) is 9.97 Å². The zero-order valence-corrected chi connectivity index (χ0v) is 20.2. The van der Waals surface area contributed by atoms with Crippen molar-refractivity contribution in [3.8, 4) is 5.75 Å². The highest BCUT2D eigenvalue weighted by molar-refractivity contribution is 7.98. The van der Waals surface area contributed by atoms with E-state index in [4.69, 9.17) is 15.5 Å². The predicted molar refractivity (Wildman–Crippen MR) is 136 cm³/mol. The molecule has 1 fully saturated rings. The molecule has 0 atom stereocenters. The molecule has 1 saturated heterocycles. The molecule has 1 aliphatic heterocycles. The fourth-order valence-electron chi connectivity index (χ4n) is 4.59. The minimum absolute atomic E-state index is 0.465. The van der Waals surface area contributed by atoms with Crippen LogP contribution in [0.15, 0.2) is 47.6 Å². The number of piperazine rings is 1. The van der Waals surface area contributed by atoms with Gasteiger partial charge in [-0.1, -0.05) is 42.1 Å². The van der Waals surface area contributed by atoms with Crippen LogP contribution in [0, 0.1) is 0 Å². The second kappa shape index (κ2) is 9.21. The molecule has 2 aromatic carbocycles. The molecular weight excluding hydrogens is 432 g/mol. The average Bonchev–Trinajstić information content (AvgIpc) is 3.21. The molecule has 5 rings (SSSR count). The van der Waals surface area contributed by atoms with Crippen molar-refractivity contribution >= 4 is 39.5 Å². The van der Waals surface area contributed by atoms with E-state index in [9.17, 15) is 0 Å². The molecule has 4 aromatic rings. The normalized spacial score (nSPS) is 15.5. The van der Waals surface area contributed by atoms with Crippen molar-refractivity contribution in [2.45, 2.75) is 18.2 Å². The minimum atomic E-state index is 0.465. The second-order valence-electron chi connectivity index (χ2n) is 8.62. The van der Waals surface area contributed by atoms with Gasteiger partial charge in [0.1, 0.15) is 11.3 Å². The molecule has 0 unspecified atom stereocenters. The summed E-state index contributed by atoms with van der Waals surface area (Å²) >= 11 is 1.61. The van der Waals surface area contributed by atoms with E-state index < -0.39 is 0 Å². The number of benzene rings is 2. The smallest absolute Gasteiger partial charge is 0.169 e. The number of methoxy groups -OCH3 is 1. The maximum absolute atomic E-state index is 6.30. The maximum Gasteiger partial charge on any atom is 0.169 e. The van der Waals surface area contributed by atoms with Crippen molar-refractivity contribution in [3.63, 3.8) is 0 Å². The van der Waals surface area contributed by atoms with Crippen LogP contribution in [0.2, 0.25) is 0 Å². The number of hydrogen-bond acceptors (Lipinski definition) is 7. The first-order valence-corrected chi connectivity index (χ1v) is 12.4. The van der Waals surface area contributed by atoms with E-state index >= 15 is 0 Å². The number of pyridine rings is 1. The van der Waals surface area contributed by atoms with Gasteiger partial charge in [-0.2, -0.15) is 0 Å². The molecule has 3 heterocycles. The first-order chi connectivity index (χ1) is 16.1. The average molecular weight is 463 g/mol. The van der Waals surface area contributed by atoms with E-state index in [1.165, 1.54) is 5.56 Å². The predicted octanol–water partition coefficient (Wildman–Crippen LogP) is 3.69. The largest absolute Gasteiger partial charge is 0.496 e. The highest BCUT2D eigenvalue weighted by atomic mass is 32.2. The Hall–Kier alpha value is -2.81. The molecule has 0 bridgehead atoms. The molecule has 0 saturated carbocycles. The number of thioether (sulfide) groups is 1. The highest BCUT2D eigenvalue weighted by Crippen LogP contribution is 2.33. The van der Waals surface area contributed by atoms with E-state index in [2.05, 4.69) is 50.7 Å². The lowest BCUT2D eigenvalue weighted by Crippen LogP contribution is -2.43. The number of likely N-dealkylation sites (N-methyl/N-ethyl adjacent to an activating group) is 1. The number of fused-ring (bicyclic) bond motifs is 3. The van der Waals surface area contributed by atoms with E-state index in [-0.39, 0.29) is 0 Å². The third kappa shape index (κ3) is 4.26. The molecule has 172 valence electrons. The van der Waals surface area contributed by atoms with E-state index in [1.54, 1.807) is 18.9 Å². The molecule has 0 aliphatic carbocycles. The van der Waals surface area contributed by atoms with Crippen molar-refractivity contribution < 1.29 is 4.74 Å². The Bertz CT molecular complexity index is 1300. The Morgan fingerprint density at radius 2 is 1.82 bits per heavy atom. The van der Waals surface area contributed by atoms with Gasteiger partial charge >= 0.3 is 0 Å². The van der Waals surface area contributed by atoms with Crippen LogP contribution >= 0.6 is 11.8 Å². The molecule has 1 aliphatic rings. The third-order valence-electron chi connectivity index (χ3n) is 6.44. The van der Waals surface area contributed by atoms with Crippen molar-refractivity contribution in [2.75, 3.05) is 52.3 Å². The zero-order chi connectivity index (χ0) is 22.9. The topological polar surface area (TPSA) is 72.4 Å². The van der Waals surface area contributed by atoms with Gasteiger partial charge in [0.2, 0.25) is 0 Å². The fourth-order valence-corrected chi connectivity index (χ4v) is 5.15. The number of hydrogen-bond donors (Lipinski definition) is 1. The van der Waals surface area contributed by atoms with Crippen molar-refractivity contribution in [2.24, 2.45) is 0 Å². The lowest BCUT2D eigenvalue weighted by molar-refractivity contribution is 0.148. The summed E-state index contributed by atoms with van der Waals surface area (Å²) in [6.45, 7) is 6.03. The number of rotatable bonds is 6. The molecule has 7 nitrogen and oxygen atoms in total. The SMILES string of the molecule is COc1cc(CN2CCN(C)CC2)ccc1Cn1c(SC)nc2c(N)nc3ccccc3c21. The lowest BCUT2D eigenvalue weighted by atomic mass is 10.1. The van der Waals surface area contributed by atoms with Gasteiger partial charge in [0, 0.05) is 43.7 Å².